The minimum absolute atomic E-state index is 0.597. The fourth-order valence-corrected chi connectivity index (χ4v) is 7.22. The van der Waals surface area contributed by atoms with Crippen molar-refractivity contribution in [3.05, 3.63) is 176 Å². The highest BCUT2D eigenvalue weighted by Gasteiger charge is 2.22. The van der Waals surface area contributed by atoms with E-state index in [9.17, 15) is 0 Å². The summed E-state index contributed by atoms with van der Waals surface area (Å²) in [4.78, 5) is 15.2. The molecule has 4 nitrogen and oxygen atoms in total. The lowest BCUT2D eigenvalue weighted by Gasteiger charge is -2.12. The van der Waals surface area contributed by atoms with Crippen molar-refractivity contribution in [2.24, 2.45) is 0 Å². The molecule has 0 fully saturated rings. The van der Waals surface area contributed by atoms with Gasteiger partial charge in [-0.15, -0.1) is 0 Å². The Balaban J connectivity index is 1.24. The minimum Gasteiger partial charge on any atom is -0.455 e. The fraction of sp³-hybridized carbons (Fsp3) is 0. The zero-order valence-electron chi connectivity index (χ0n) is 27.5. The first-order valence-corrected chi connectivity index (χ1v) is 17.1. The summed E-state index contributed by atoms with van der Waals surface area (Å²) in [5, 5.41) is 6.76. The van der Waals surface area contributed by atoms with Gasteiger partial charge in [-0.05, 0) is 68.6 Å². The van der Waals surface area contributed by atoms with Crippen molar-refractivity contribution >= 4 is 43.5 Å². The molecule has 0 spiro atoms. The van der Waals surface area contributed by atoms with E-state index in [0.29, 0.717) is 17.5 Å². The third kappa shape index (κ3) is 5.04. The van der Waals surface area contributed by atoms with Gasteiger partial charge >= 0.3 is 0 Å². The first-order chi connectivity index (χ1) is 25.3. The Bertz CT molecular complexity index is 2860. The maximum Gasteiger partial charge on any atom is 0.164 e. The van der Waals surface area contributed by atoms with Gasteiger partial charge in [0.15, 0.2) is 17.5 Å². The Hall–Kier alpha value is -6.91. The third-order valence-corrected chi connectivity index (χ3v) is 9.71. The van der Waals surface area contributed by atoms with E-state index >= 15 is 0 Å². The van der Waals surface area contributed by atoms with Crippen molar-refractivity contribution in [3.8, 4) is 56.4 Å². The molecule has 10 aromatic rings. The highest BCUT2D eigenvalue weighted by molar-refractivity contribution is 6.24. The van der Waals surface area contributed by atoms with Crippen molar-refractivity contribution in [2.75, 3.05) is 0 Å². The maximum atomic E-state index is 6.87. The predicted molar refractivity (Wildman–Crippen MR) is 209 cm³/mol. The van der Waals surface area contributed by atoms with E-state index in [1.165, 1.54) is 16.3 Å². The third-order valence-electron chi connectivity index (χ3n) is 9.71. The normalized spacial score (nSPS) is 11.5. The summed E-state index contributed by atoms with van der Waals surface area (Å²) in [7, 11) is 0. The summed E-state index contributed by atoms with van der Waals surface area (Å²) >= 11 is 0. The molecule has 2 heterocycles. The Kier molecular flexibility index (Phi) is 6.78. The average molecular weight is 652 g/mol. The van der Waals surface area contributed by atoms with Gasteiger partial charge < -0.3 is 4.42 Å². The Morgan fingerprint density at radius 3 is 1.67 bits per heavy atom. The van der Waals surface area contributed by atoms with Crippen LogP contribution in [0.5, 0.6) is 0 Å². The topological polar surface area (TPSA) is 51.8 Å². The van der Waals surface area contributed by atoms with Gasteiger partial charge in [0.05, 0.1) is 0 Å². The van der Waals surface area contributed by atoms with Crippen molar-refractivity contribution in [1.29, 1.82) is 0 Å². The van der Waals surface area contributed by atoms with Crippen LogP contribution in [0.3, 0.4) is 0 Å². The Labute approximate surface area is 294 Å². The number of aromatic nitrogens is 3. The second kappa shape index (κ2) is 11.9. The van der Waals surface area contributed by atoms with E-state index in [0.717, 1.165) is 66.1 Å². The molecule has 0 radical (unpaired) electrons. The standard InChI is InChI=1S/C47H29N3O/c1-3-14-32(15-4-1)45-48-46(33-16-5-2-6-17-33)50-47(49-45)40-26-25-39(44-43(40)42-38-21-10-9-13-31(38)24-27-41(42)51-44)37-20-11-19-35(29-37)36-23-22-30-12-7-8-18-34(30)28-36/h1-29H. The molecule has 0 unspecified atom stereocenters. The van der Waals surface area contributed by atoms with E-state index in [4.69, 9.17) is 19.4 Å². The van der Waals surface area contributed by atoms with Crippen LogP contribution >= 0.6 is 0 Å². The molecular formula is C47H29N3O. The van der Waals surface area contributed by atoms with E-state index in [1.54, 1.807) is 0 Å². The average Bonchev–Trinajstić information content (AvgIpc) is 3.61. The predicted octanol–water partition coefficient (Wildman–Crippen LogP) is 12.4. The first kappa shape index (κ1) is 29.0. The van der Waals surface area contributed by atoms with Crippen molar-refractivity contribution in [1.82, 2.24) is 15.0 Å². The minimum atomic E-state index is 0.597. The lowest BCUT2D eigenvalue weighted by Crippen LogP contribution is -2.00. The molecule has 0 saturated carbocycles. The summed E-state index contributed by atoms with van der Waals surface area (Å²) in [5.41, 5.74) is 8.79. The molecule has 2 aromatic heterocycles. The summed E-state index contributed by atoms with van der Waals surface area (Å²) in [6, 6.07) is 61.0. The fourth-order valence-electron chi connectivity index (χ4n) is 7.22. The zero-order chi connectivity index (χ0) is 33.7. The van der Waals surface area contributed by atoms with Gasteiger partial charge in [-0.3, -0.25) is 0 Å². The molecule has 4 heteroatoms. The van der Waals surface area contributed by atoms with Crippen molar-refractivity contribution < 1.29 is 4.42 Å². The molecule has 51 heavy (non-hydrogen) atoms. The van der Waals surface area contributed by atoms with E-state index in [-0.39, 0.29) is 0 Å². The largest absolute Gasteiger partial charge is 0.455 e. The molecule has 0 bridgehead atoms. The van der Waals surface area contributed by atoms with Crippen molar-refractivity contribution in [2.45, 2.75) is 0 Å². The molecule has 10 rings (SSSR count). The van der Waals surface area contributed by atoms with Crippen LogP contribution in [0.4, 0.5) is 0 Å². The second-order valence-corrected chi connectivity index (χ2v) is 12.8. The molecule has 0 aliphatic rings. The number of furan rings is 1. The van der Waals surface area contributed by atoms with Crippen LogP contribution in [-0.4, -0.2) is 15.0 Å². The number of fused-ring (bicyclic) bond motifs is 6. The Morgan fingerprint density at radius 2 is 0.902 bits per heavy atom. The number of rotatable bonds is 5. The molecular weight excluding hydrogens is 623 g/mol. The van der Waals surface area contributed by atoms with Gasteiger partial charge in [-0.2, -0.15) is 0 Å². The molecule has 0 amide bonds. The maximum absolute atomic E-state index is 6.87. The summed E-state index contributed by atoms with van der Waals surface area (Å²) in [6.07, 6.45) is 0. The first-order valence-electron chi connectivity index (χ1n) is 17.1. The summed E-state index contributed by atoms with van der Waals surface area (Å²) in [5.74, 6) is 1.84. The van der Waals surface area contributed by atoms with Crippen LogP contribution in [0.1, 0.15) is 0 Å². The van der Waals surface area contributed by atoms with Gasteiger partial charge in [0, 0.05) is 33.0 Å². The number of hydrogen-bond donors (Lipinski definition) is 0. The summed E-state index contributed by atoms with van der Waals surface area (Å²) in [6.45, 7) is 0. The van der Waals surface area contributed by atoms with Crippen LogP contribution < -0.4 is 0 Å². The zero-order valence-corrected chi connectivity index (χ0v) is 27.5. The van der Waals surface area contributed by atoms with Crippen LogP contribution in [0.2, 0.25) is 0 Å². The van der Waals surface area contributed by atoms with Gasteiger partial charge in [0.25, 0.3) is 0 Å². The number of benzene rings is 8. The molecule has 0 N–H and O–H groups in total. The number of hydrogen-bond acceptors (Lipinski definition) is 4. The van der Waals surface area contributed by atoms with Gasteiger partial charge in [0.2, 0.25) is 0 Å². The molecule has 8 aromatic carbocycles. The van der Waals surface area contributed by atoms with E-state index < -0.39 is 0 Å². The van der Waals surface area contributed by atoms with Crippen LogP contribution in [0.15, 0.2) is 180 Å². The van der Waals surface area contributed by atoms with Crippen LogP contribution in [-0.2, 0) is 0 Å². The number of nitrogens with zero attached hydrogens (tertiary/aromatic N) is 3. The van der Waals surface area contributed by atoms with E-state index in [2.05, 4.69) is 115 Å². The highest BCUT2D eigenvalue weighted by Crippen LogP contribution is 2.44. The molecule has 0 aliphatic carbocycles. The molecule has 0 saturated heterocycles. The van der Waals surface area contributed by atoms with Gasteiger partial charge in [0.1, 0.15) is 11.2 Å². The van der Waals surface area contributed by atoms with Gasteiger partial charge in [-0.1, -0.05) is 146 Å². The van der Waals surface area contributed by atoms with Gasteiger partial charge in [-0.25, -0.2) is 15.0 Å². The summed E-state index contributed by atoms with van der Waals surface area (Å²) < 4.78 is 6.87. The van der Waals surface area contributed by atoms with Crippen molar-refractivity contribution in [3.63, 3.8) is 0 Å². The Morgan fingerprint density at radius 1 is 0.333 bits per heavy atom. The highest BCUT2D eigenvalue weighted by atomic mass is 16.3. The second-order valence-electron chi connectivity index (χ2n) is 12.8. The monoisotopic (exact) mass is 651 g/mol. The lowest BCUT2D eigenvalue weighted by atomic mass is 9.94. The van der Waals surface area contributed by atoms with Crippen LogP contribution in [0.25, 0.3) is 99.9 Å². The SMILES string of the molecule is c1ccc(-c2nc(-c3ccccc3)nc(-c3ccc(-c4cccc(-c5ccc6ccccc6c5)c4)c4oc5ccc6ccccc6c5c34)n2)cc1. The molecule has 0 atom stereocenters. The molecule has 0 aliphatic heterocycles. The smallest absolute Gasteiger partial charge is 0.164 e. The lowest BCUT2D eigenvalue weighted by molar-refractivity contribution is 0.670. The molecule has 238 valence electrons. The van der Waals surface area contributed by atoms with E-state index in [1.807, 2.05) is 60.7 Å². The van der Waals surface area contributed by atoms with Crippen LogP contribution in [0, 0.1) is 0 Å². The quantitative estimate of drug-likeness (QED) is 0.186.